The first-order chi connectivity index (χ1) is 11.2. The standard InChI is InChI=1S/C16H18FN5O/c17-11-2-1-3-12(10-11)21-6-8-22(9-7-21)14-5-4-13-15(19-14)20-16(23)18-13/h1-5,12H,6-10H2,(H2,18,19,20,23). The molecule has 2 aromatic heterocycles. The third-order valence-corrected chi connectivity index (χ3v) is 4.48. The number of aromatic amines is 2. The van der Waals surface area contributed by atoms with E-state index in [1.165, 1.54) is 6.08 Å². The molecule has 2 aliphatic rings. The van der Waals surface area contributed by atoms with Crippen molar-refractivity contribution in [2.45, 2.75) is 12.5 Å². The molecular formula is C16H18FN5O. The van der Waals surface area contributed by atoms with Crippen LogP contribution in [0.2, 0.25) is 0 Å². The molecule has 2 aromatic rings. The number of hydrogen-bond acceptors (Lipinski definition) is 4. The fraction of sp³-hybridized carbons (Fsp3) is 0.375. The van der Waals surface area contributed by atoms with E-state index in [0.29, 0.717) is 17.6 Å². The van der Waals surface area contributed by atoms with Gasteiger partial charge in [0.05, 0.1) is 5.52 Å². The lowest BCUT2D eigenvalue weighted by Gasteiger charge is -2.39. The number of H-pyrrole nitrogens is 2. The van der Waals surface area contributed by atoms with Gasteiger partial charge in [0.1, 0.15) is 11.6 Å². The first kappa shape index (κ1) is 14.2. The predicted molar refractivity (Wildman–Crippen MR) is 87.2 cm³/mol. The van der Waals surface area contributed by atoms with E-state index in [9.17, 15) is 9.18 Å². The second-order valence-corrected chi connectivity index (χ2v) is 5.94. The number of fused-ring (bicyclic) bond motifs is 1. The van der Waals surface area contributed by atoms with Crippen molar-refractivity contribution in [1.82, 2.24) is 19.9 Å². The van der Waals surface area contributed by atoms with Crippen molar-refractivity contribution in [1.29, 1.82) is 0 Å². The molecule has 1 fully saturated rings. The molecule has 7 heteroatoms. The van der Waals surface area contributed by atoms with Crippen molar-refractivity contribution in [3.05, 3.63) is 46.7 Å². The highest BCUT2D eigenvalue weighted by Crippen LogP contribution is 2.22. The van der Waals surface area contributed by atoms with Gasteiger partial charge in [-0.3, -0.25) is 9.88 Å². The van der Waals surface area contributed by atoms with Gasteiger partial charge in [-0.05, 0) is 18.2 Å². The Morgan fingerprint density at radius 1 is 1.17 bits per heavy atom. The molecule has 6 nitrogen and oxygen atoms in total. The lowest BCUT2D eigenvalue weighted by Crippen LogP contribution is -2.50. The minimum atomic E-state index is -0.242. The Kier molecular flexibility index (Phi) is 3.49. The van der Waals surface area contributed by atoms with Crippen LogP contribution in [-0.2, 0) is 0 Å². The minimum absolute atomic E-state index is 0.0524. The Bertz CT molecular complexity index is 828. The van der Waals surface area contributed by atoms with Gasteiger partial charge in [0.2, 0.25) is 0 Å². The number of piperazine rings is 1. The lowest BCUT2D eigenvalue weighted by molar-refractivity contribution is 0.207. The Hall–Kier alpha value is -2.41. The first-order valence-corrected chi connectivity index (χ1v) is 7.80. The summed E-state index contributed by atoms with van der Waals surface area (Å²) < 4.78 is 13.4. The van der Waals surface area contributed by atoms with E-state index in [1.807, 2.05) is 12.1 Å². The monoisotopic (exact) mass is 315 g/mol. The van der Waals surface area contributed by atoms with E-state index in [1.54, 1.807) is 6.08 Å². The van der Waals surface area contributed by atoms with Gasteiger partial charge in [-0.15, -0.1) is 0 Å². The van der Waals surface area contributed by atoms with Crippen LogP contribution in [0.5, 0.6) is 0 Å². The summed E-state index contributed by atoms with van der Waals surface area (Å²) in [7, 11) is 0. The summed E-state index contributed by atoms with van der Waals surface area (Å²) in [6.07, 6.45) is 5.86. The number of allylic oxidation sites excluding steroid dienone is 2. The number of hydrogen-bond donors (Lipinski definition) is 2. The molecule has 0 aromatic carbocycles. The maximum atomic E-state index is 13.4. The van der Waals surface area contributed by atoms with E-state index in [-0.39, 0.29) is 17.6 Å². The van der Waals surface area contributed by atoms with E-state index < -0.39 is 0 Å². The average molecular weight is 315 g/mol. The third-order valence-electron chi connectivity index (χ3n) is 4.48. The second-order valence-electron chi connectivity index (χ2n) is 5.94. The summed E-state index contributed by atoms with van der Waals surface area (Å²) in [6.45, 7) is 3.41. The number of aromatic nitrogens is 3. The van der Waals surface area contributed by atoms with Crippen molar-refractivity contribution in [3.63, 3.8) is 0 Å². The van der Waals surface area contributed by atoms with Gasteiger partial charge in [0, 0.05) is 38.6 Å². The van der Waals surface area contributed by atoms with Crippen LogP contribution in [-0.4, -0.2) is 52.1 Å². The molecule has 1 atom stereocenters. The van der Waals surface area contributed by atoms with Gasteiger partial charge >= 0.3 is 5.69 Å². The summed E-state index contributed by atoms with van der Waals surface area (Å²) >= 11 is 0. The SMILES string of the molecule is O=c1[nH]c2ccc(N3CCN(C4C=CC=C(F)C4)CC3)nc2[nH]1. The number of nitrogens with one attached hydrogen (secondary N) is 2. The smallest absolute Gasteiger partial charge is 0.325 e. The van der Waals surface area contributed by atoms with Crippen LogP contribution in [0.1, 0.15) is 6.42 Å². The second kappa shape index (κ2) is 5.66. The Balaban J connectivity index is 1.45. The van der Waals surface area contributed by atoms with Crippen LogP contribution >= 0.6 is 0 Å². The van der Waals surface area contributed by atoms with Crippen LogP contribution in [0.25, 0.3) is 11.2 Å². The molecule has 1 aliphatic carbocycles. The van der Waals surface area contributed by atoms with Gasteiger partial charge in [-0.25, -0.2) is 14.2 Å². The fourth-order valence-corrected chi connectivity index (χ4v) is 3.24. The van der Waals surface area contributed by atoms with E-state index in [0.717, 1.165) is 32.0 Å². The van der Waals surface area contributed by atoms with Crippen LogP contribution in [0.15, 0.2) is 41.0 Å². The molecule has 0 amide bonds. The average Bonchev–Trinajstić information content (AvgIpc) is 2.94. The molecule has 0 radical (unpaired) electrons. The lowest BCUT2D eigenvalue weighted by atomic mass is 10.1. The molecule has 23 heavy (non-hydrogen) atoms. The normalized spacial score (nSPS) is 22.6. The molecule has 0 bridgehead atoms. The summed E-state index contributed by atoms with van der Waals surface area (Å²) in [5, 5.41) is 0. The van der Waals surface area contributed by atoms with Crippen LogP contribution in [0.3, 0.4) is 0 Å². The zero-order chi connectivity index (χ0) is 15.8. The van der Waals surface area contributed by atoms with E-state index >= 15 is 0 Å². The van der Waals surface area contributed by atoms with Crippen molar-refractivity contribution >= 4 is 17.0 Å². The summed E-state index contributed by atoms with van der Waals surface area (Å²) in [5.74, 6) is 0.807. The molecule has 3 heterocycles. The van der Waals surface area contributed by atoms with Crippen molar-refractivity contribution in [2.75, 3.05) is 31.1 Å². The van der Waals surface area contributed by atoms with Crippen molar-refractivity contribution < 1.29 is 4.39 Å². The highest BCUT2D eigenvalue weighted by molar-refractivity contribution is 5.72. The van der Waals surface area contributed by atoms with Gasteiger partial charge in [0.25, 0.3) is 0 Å². The van der Waals surface area contributed by atoms with E-state index in [2.05, 4.69) is 30.8 Å². The first-order valence-electron chi connectivity index (χ1n) is 7.80. The Labute approximate surface area is 132 Å². The summed E-state index contributed by atoms with van der Waals surface area (Å²) in [5.41, 5.74) is 1.05. The highest BCUT2D eigenvalue weighted by Gasteiger charge is 2.24. The number of nitrogens with zero attached hydrogens (tertiary/aromatic N) is 3. The number of pyridine rings is 1. The molecule has 1 unspecified atom stereocenters. The fourth-order valence-electron chi connectivity index (χ4n) is 3.24. The molecule has 0 spiro atoms. The van der Waals surface area contributed by atoms with Crippen LogP contribution in [0, 0.1) is 0 Å². The predicted octanol–water partition coefficient (Wildman–Crippen LogP) is 1.56. The maximum Gasteiger partial charge on any atom is 0.325 e. The van der Waals surface area contributed by atoms with Gasteiger partial charge in [-0.2, -0.15) is 0 Å². The molecule has 1 aliphatic heterocycles. The van der Waals surface area contributed by atoms with Crippen LogP contribution in [0.4, 0.5) is 10.2 Å². The zero-order valence-electron chi connectivity index (χ0n) is 12.6. The molecule has 0 saturated carbocycles. The number of anilines is 1. The number of imidazole rings is 1. The topological polar surface area (TPSA) is 68.0 Å². The molecular weight excluding hydrogens is 297 g/mol. The Morgan fingerprint density at radius 2 is 2.00 bits per heavy atom. The van der Waals surface area contributed by atoms with Gasteiger partial charge in [0.15, 0.2) is 5.65 Å². The van der Waals surface area contributed by atoms with Crippen molar-refractivity contribution in [2.24, 2.45) is 0 Å². The largest absolute Gasteiger partial charge is 0.354 e. The maximum absolute atomic E-state index is 13.4. The molecule has 4 rings (SSSR count). The van der Waals surface area contributed by atoms with Crippen LogP contribution < -0.4 is 10.6 Å². The zero-order valence-corrected chi connectivity index (χ0v) is 12.6. The third kappa shape index (κ3) is 2.79. The number of rotatable bonds is 2. The van der Waals surface area contributed by atoms with Gasteiger partial charge in [-0.1, -0.05) is 12.2 Å². The quantitative estimate of drug-likeness (QED) is 0.882. The summed E-state index contributed by atoms with van der Waals surface area (Å²) in [6, 6.07) is 3.94. The summed E-state index contributed by atoms with van der Waals surface area (Å²) in [4.78, 5) is 25.7. The Morgan fingerprint density at radius 3 is 2.78 bits per heavy atom. The molecule has 1 saturated heterocycles. The molecule has 2 N–H and O–H groups in total. The number of halogens is 1. The van der Waals surface area contributed by atoms with Crippen molar-refractivity contribution in [3.8, 4) is 0 Å². The molecule has 120 valence electrons. The highest BCUT2D eigenvalue weighted by atomic mass is 19.1. The minimum Gasteiger partial charge on any atom is -0.354 e. The van der Waals surface area contributed by atoms with E-state index in [4.69, 9.17) is 0 Å². The van der Waals surface area contributed by atoms with Gasteiger partial charge < -0.3 is 9.88 Å².